The molecule has 0 aromatic heterocycles. The van der Waals surface area contributed by atoms with Crippen LogP contribution in [0.3, 0.4) is 0 Å². The fourth-order valence-corrected chi connectivity index (χ4v) is 2.60. The van der Waals surface area contributed by atoms with Crippen molar-refractivity contribution in [1.82, 2.24) is 10.2 Å². The molecule has 1 aliphatic carbocycles. The van der Waals surface area contributed by atoms with E-state index in [-0.39, 0.29) is 5.54 Å². The number of hydrogen-bond donors (Lipinski definition) is 2. The Hall–Kier alpha value is -0.770. The Morgan fingerprint density at radius 2 is 2.11 bits per heavy atom. The predicted molar refractivity (Wildman–Crippen MR) is 76.7 cm³/mol. The molecular formula is C14H28N4. The molecule has 0 aromatic rings. The number of nitrogens with one attached hydrogen (secondary N) is 1. The SMILES string of the molecule is CC1CCCN(C(C)(C)CN=C(N)NC2CC2)C1. The van der Waals surface area contributed by atoms with Gasteiger partial charge in [-0.05, 0) is 52.0 Å². The lowest BCUT2D eigenvalue weighted by Gasteiger charge is -2.42. The summed E-state index contributed by atoms with van der Waals surface area (Å²) in [5.74, 6) is 1.43. The lowest BCUT2D eigenvalue weighted by Crippen LogP contribution is -2.51. The molecular weight excluding hydrogens is 224 g/mol. The quantitative estimate of drug-likeness (QED) is 0.590. The zero-order chi connectivity index (χ0) is 13.2. The summed E-state index contributed by atoms with van der Waals surface area (Å²) in [7, 11) is 0. The van der Waals surface area contributed by atoms with E-state index >= 15 is 0 Å². The van der Waals surface area contributed by atoms with E-state index < -0.39 is 0 Å². The Balaban J connectivity index is 1.84. The fourth-order valence-electron chi connectivity index (χ4n) is 2.60. The van der Waals surface area contributed by atoms with Crippen molar-refractivity contribution in [3.05, 3.63) is 0 Å². The van der Waals surface area contributed by atoms with E-state index in [1.54, 1.807) is 0 Å². The minimum Gasteiger partial charge on any atom is -0.370 e. The van der Waals surface area contributed by atoms with Crippen LogP contribution in [0.4, 0.5) is 0 Å². The molecule has 1 unspecified atom stereocenters. The van der Waals surface area contributed by atoms with Gasteiger partial charge in [0.15, 0.2) is 5.96 Å². The normalized spacial score (nSPS) is 27.3. The zero-order valence-corrected chi connectivity index (χ0v) is 12.1. The van der Waals surface area contributed by atoms with E-state index in [0.29, 0.717) is 12.0 Å². The number of nitrogens with zero attached hydrogens (tertiary/aromatic N) is 2. The van der Waals surface area contributed by atoms with Crippen LogP contribution in [-0.4, -0.2) is 42.1 Å². The molecule has 2 rings (SSSR count). The third-order valence-corrected chi connectivity index (χ3v) is 4.08. The maximum absolute atomic E-state index is 5.90. The maximum atomic E-state index is 5.90. The van der Waals surface area contributed by atoms with Gasteiger partial charge in [-0.2, -0.15) is 0 Å². The van der Waals surface area contributed by atoms with Gasteiger partial charge in [0.05, 0.1) is 6.54 Å². The van der Waals surface area contributed by atoms with Crippen molar-refractivity contribution in [3.63, 3.8) is 0 Å². The van der Waals surface area contributed by atoms with Crippen molar-refractivity contribution < 1.29 is 0 Å². The largest absolute Gasteiger partial charge is 0.370 e. The molecule has 0 radical (unpaired) electrons. The highest BCUT2D eigenvalue weighted by Gasteiger charge is 2.30. The van der Waals surface area contributed by atoms with Crippen LogP contribution in [0.15, 0.2) is 4.99 Å². The van der Waals surface area contributed by atoms with Gasteiger partial charge in [0.2, 0.25) is 0 Å². The minimum absolute atomic E-state index is 0.116. The molecule has 2 aliphatic rings. The summed E-state index contributed by atoms with van der Waals surface area (Å²) in [5.41, 5.74) is 6.01. The second kappa shape index (κ2) is 5.47. The van der Waals surface area contributed by atoms with Crippen molar-refractivity contribution in [2.45, 2.75) is 58.0 Å². The number of guanidine groups is 1. The molecule has 0 aromatic carbocycles. The van der Waals surface area contributed by atoms with Gasteiger partial charge >= 0.3 is 0 Å². The molecule has 1 saturated carbocycles. The summed E-state index contributed by atoms with van der Waals surface area (Å²) in [6.45, 7) is 10.1. The van der Waals surface area contributed by atoms with Crippen LogP contribution in [0.25, 0.3) is 0 Å². The van der Waals surface area contributed by atoms with Crippen LogP contribution in [-0.2, 0) is 0 Å². The number of likely N-dealkylation sites (tertiary alicyclic amines) is 1. The molecule has 1 aliphatic heterocycles. The van der Waals surface area contributed by atoms with Crippen LogP contribution in [0.5, 0.6) is 0 Å². The Bertz CT molecular complexity index is 307. The first kappa shape index (κ1) is 13.7. The highest BCUT2D eigenvalue weighted by molar-refractivity contribution is 5.78. The third kappa shape index (κ3) is 3.87. The second-order valence-corrected chi connectivity index (χ2v) is 6.63. The van der Waals surface area contributed by atoms with Crippen LogP contribution in [0.1, 0.15) is 46.5 Å². The Labute approximate surface area is 111 Å². The van der Waals surface area contributed by atoms with Crippen molar-refractivity contribution in [2.24, 2.45) is 16.6 Å². The molecule has 2 fully saturated rings. The van der Waals surface area contributed by atoms with Gasteiger partial charge in [-0.25, -0.2) is 0 Å². The molecule has 4 heteroatoms. The van der Waals surface area contributed by atoms with Crippen LogP contribution in [0.2, 0.25) is 0 Å². The number of rotatable bonds is 4. The first-order valence-electron chi connectivity index (χ1n) is 7.29. The fraction of sp³-hybridized carbons (Fsp3) is 0.929. The smallest absolute Gasteiger partial charge is 0.188 e. The summed E-state index contributed by atoms with van der Waals surface area (Å²) in [6, 6.07) is 0.590. The summed E-state index contributed by atoms with van der Waals surface area (Å²) < 4.78 is 0. The number of aliphatic imine (C=N–C) groups is 1. The summed E-state index contributed by atoms with van der Waals surface area (Å²) in [4.78, 5) is 7.08. The predicted octanol–water partition coefficient (Wildman–Crippen LogP) is 1.56. The van der Waals surface area contributed by atoms with Crippen molar-refractivity contribution in [2.75, 3.05) is 19.6 Å². The van der Waals surface area contributed by atoms with E-state index in [1.807, 2.05) is 0 Å². The van der Waals surface area contributed by atoms with E-state index in [2.05, 4.69) is 36.0 Å². The van der Waals surface area contributed by atoms with E-state index in [9.17, 15) is 0 Å². The molecule has 18 heavy (non-hydrogen) atoms. The first-order valence-corrected chi connectivity index (χ1v) is 7.29. The monoisotopic (exact) mass is 252 g/mol. The van der Waals surface area contributed by atoms with E-state index in [1.165, 1.54) is 38.8 Å². The third-order valence-electron chi connectivity index (χ3n) is 4.08. The number of nitrogens with two attached hydrogens (primary N) is 1. The highest BCUT2D eigenvalue weighted by atomic mass is 15.2. The summed E-state index contributed by atoms with van der Waals surface area (Å²) in [6.07, 6.45) is 5.15. The standard InChI is InChI=1S/C14H28N4/c1-11-5-4-8-18(9-11)14(2,3)10-16-13(15)17-12-6-7-12/h11-12H,4-10H2,1-3H3,(H3,15,16,17). The van der Waals surface area contributed by atoms with Crippen LogP contribution >= 0.6 is 0 Å². The summed E-state index contributed by atoms with van der Waals surface area (Å²) >= 11 is 0. The topological polar surface area (TPSA) is 53.6 Å². The van der Waals surface area contributed by atoms with Gasteiger partial charge in [-0.15, -0.1) is 0 Å². The van der Waals surface area contributed by atoms with Gasteiger partial charge in [0, 0.05) is 18.1 Å². The lowest BCUT2D eigenvalue weighted by atomic mass is 9.94. The number of piperidine rings is 1. The van der Waals surface area contributed by atoms with Gasteiger partial charge in [0.1, 0.15) is 0 Å². The molecule has 1 atom stereocenters. The summed E-state index contributed by atoms with van der Waals surface area (Å²) in [5, 5.41) is 3.25. The molecule has 104 valence electrons. The molecule has 0 spiro atoms. The van der Waals surface area contributed by atoms with E-state index in [4.69, 9.17) is 5.73 Å². The van der Waals surface area contributed by atoms with Gasteiger partial charge in [-0.3, -0.25) is 9.89 Å². The molecule has 4 nitrogen and oxygen atoms in total. The minimum atomic E-state index is 0.116. The zero-order valence-electron chi connectivity index (χ0n) is 12.1. The van der Waals surface area contributed by atoms with E-state index in [0.717, 1.165) is 12.5 Å². The van der Waals surface area contributed by atoms with Crippen LogP contribution < -0.4 is 11.1 Å². The van der Waals surface area contributed by atoms with Gasteiger partial charge in [0.25, 0.3) is 0 Å². The van der Waals surface area contributed by atoms with Gasteiger partial charge < -0.3 is 11.1 Å². The Morgan fingerprint density at radius 1 is 1.39 bits per heavy atom. The molecule has 1 heterocycles. The second-order valence-electron chi connectivity index (χ2n) is 6.63. The van der Waals surface area contributed by atoms with Crippen molar-refractivity contribution >= 4 is 5.96 Å². The number of hydrogen-bond acceptors (Lipinski definition) is 2. The molecule has 1 saturated heterocycles. The average molecular weight is 252 g/mol. The Kier molecular flexibility index (Phi) is 4.15. The maximum Gasteiger partial charge on any atom is 0.188 e. The molecule has 3 N–H and O–H groups in total. The first-order chi connectivity index (χ1) is 8.47. The van der Waals surface area contributed by atoms with Crippen molar-refractivity contribution in [3.8, 4) is 0 Å². The lowest BCUT2D eigenvalue weighted by molar-refractivity contribution is 0.0775. The molecule has 0 amide bonds. The van der Waals surface area contributed by atoms with Gasteiger partial charge in [-0.1, -0.05) is 6.92 Å². The van der Waals surface area contributed by atoms with Crippen molar-refractivity contribution in [1.29, 1.82) is 0 Å². The Morgan fingerprint density at radius 3 is 2.72 bits per heavy atom. The average Bonchev–Trinajstić information content (AvgIpc) is 3.10. The highest BCUT2D eigenvalue weighted by Crippen LogP contribution is 2.24. The van der Waals surface area contributed by atoms with Crippen LogP contribution in [0, 0.1) is 5.92 Å². The molecule has 0 bridgehead atoms.